The molecule has 0 saturated carbocycles. The number of imidazole rings is 1. The van der Waals surface area contributed by atoms with Gasteiger partial charge in [0.2, 0.25) is 11.8 Å². The van der Waals surface area contributed by atoms with E-state index in [-0.39, 0.29) is 56.1 Å². The number of nitrogens with two attached hydrogens (primary N) is 1. The number of ether oxygens (including phenoxy) is 1. The lowest BCUT2D eigenvalue weighted by Crippen LogP contribution is -2.51. The average Bonchev–Trinajstić information content (AvgIpc) is 3.65. The maximum absolute atomic E-state index is 13.9. The number of anilines is 1. The van der Waals surface area contributed by atoms with Gasteiger partial charge in [-0.15, -0.1) is 12.4 Å². The number of nitrogen functional groups attached to an aromatic ring is 1. The van der Waals surface area contributed by atoms with Gasteiger partial charge in [0.1, 0.15) is 11.7 Å². The van der Waals surface area contributed by atoms with Crippen LogP contribution in [0.2, 0.25) is 0 Å². The van der Waals surface area contributed by atoms with Gasteiger partial charge in [-0.25, -0.2) is 4.98 Å². The first-order valence-corrected chi connectivity index (χ1v) is 14.0. The molecule has 1 fully saturated rings. The van der Waals surface area contributed by atoms with Gasteiger partial charge in [0.05, 0.1) is 36.0 Å². The molecule has 4 rings (SSSR count). The number of esters is 1. The van der Waals surface area contributed by atoms with Crippen LogP contribution in [0.5, 0.6) is 0 Å². The summed E-state index contributed by atoms with van der Waals surface area (Å²) in [6.07, 6.45) is 1.91. The van der Waals surface area contributed by atoms with E-state index in [0.717, 1.165) is 46.5 Å². The summed E-state index contributed by atoms with van der Waals surface area (Å²) in [6.45, 7) is 7.75. The van der Waals surface area contributed by atoms with Crippen molar-refractivity contribution in [2.24, 2.45) is 5.73 Å². The number of H-pyrrole nitrogens is 1. The molecule has 1 unspecified atom stereocenters. The first kappa shape index (κ1) is 32.4. The third-order valence-corrected chi connectivity index (χ3v) is 7.57. The number of carbonyl (C=O) groups is 3. The number of nitrogens with one attached hydrogen (secondary N) is 4. The molecule has 1 atom stereocenters. The van der Waals surface area contributed by atoms with E-state index in [1.165, 1.54) is 0 Å². The third kappa shape index (κ3) is 7.39. The lowest BCUT2D eigenvalue weighted by atomic mass is 9.78. The standard InChI is InChI=1S/C30H39N7O4.ClH/c1-4-41-26(39)14-13-25(38)34-18-30(3,29(40)37-15-5-6-16-37)22-11-12-23-27(19(22)2)36-24(35-23)17-33-21-9-7-20(8-10-21)28(31)32;/h7-12,33H,4-6,13-18H2,1-3H3,(H3,31,32)(H,34,38)(H,35,36);1H. The Morgan fingerprint density at radius 1 is 1.12 bits per heavy atom. The number of hydrogen-bond donors (Lipinski definition) is 5. The number of benzene rings is 2. The number of carbonyl (C=O) groups excluding carboxylic acids is 3. The second kappa shape index (κ2) is 14.2. The van der Waals surface area contributed by atoms with Crippen molar-refractivity contribution in [3.8, 4) is 0 Å². The van der Waals surface area contributed by atoms with Crippen molar-refractivity contribution in [3.05, 3.63) is 58.9 Å². The summed E-state index contributed by atoms with van der Waals surface area (Å²) in [5.74, 6) is -0.00433. The molecule has 1 aromatic heterocycles. The number of aryl methyl sites for hydroxylation is 1. The van der Waals surface area contributed by atoms with E-state index in [1.54, 1.807) is 19.1 Å². The fourth-order valence-corrected chi connectivity index (χ4v) is 5.27. The SMILES string of the molecule is CCOC(=O)CCC(=O)NCC(C)(C(=O)N1CCCC1)c1ccc2[nH]c(CNc3ccc(C(=N)N)cc3)nc2c1C.Cl. The van der Waals surface area contributed by atoms with Gasteiger partial charge in [0, 0.05) is 37.3 Å². The van der Waals surface area contributed by atoms with Crippen LogP contribution in [0.1, 0.15) is 62.0 Å². The molecular weight excluding hydrogens is 558 g/mol. The number of aromatic nitrogens is 2. The summed E-state index contributed by atoms with van der Waals surface area (Å²) in [7, 11) is 0. The molecule has 2 aromatic carbocycles. The van der Waals surface area contributed by atoms with Gasteiger partial charge < -0.3 is 31.0 Å². The predicted octanol–water partition coefficient (Wildman–Crippen LogP) is 3.53. The summed E-state index contributed by atoms with van der Waals surface area (Å²) < 4.78 is 4.92. The Kier molecular flexibility index (Phi) is 10.9. The monoisotopic (exact) mass is 597 g/mol. The molecule has 1 aliphatic rings. The highest BCUT2D eigenvalue weighted by Gasteiger charge is 2.41. The quantitative estimate of drug-likeness (QED) is 0.121. The molecule has 11 nitrogen and oxygen atoms in total. The maximum atomic E-state index is 13.9. The molecule has 0 radical (unpaired) electrons. The summed E-state index contributed by atoms with van der Waals surface area (Å²) in [4.78, 5) is 48.3. The zero-order valence-corrected chi connectivity index (χ0v) is 25.2. The molecule has 6 N–H and O–H groups in total. The molecule has 3 aromatic rings. The molecule has 42 heavy (non-hydrogen) atoms. The number of hydrogen-bond acceptors (Lipinski definition) is 7. The molecule has 0 spiro atoms. The Bertz CT molecular complexity index is 1430. The molecule has 0 aliphatic carbocycles. The highest BCUT2D eigenvalue weighted by atomic mass is 35.5. The largest absolute Gasteiger partial charge is 0.466 e. The number of fused-ring (bicyclic) bond motifs is 1. The number of likely N-dealkylation sites (tertiary alicyclic amines) is 1. The van der Waals surface area contributed by atoms with Crippen molar-refractivity contribution in [1.29, 1.82) is 5.41 Å². The van der Waals surface area contributed by atoms with Crippen molar-refractivity contribution in [2.45, 2.75) is 58.4 Å². The maximum Gasteiger partial charge on any atom is 0.306 e. The van der Waals surface area contributed by atoms with Gasteiger partial charge in [-0.3, -0.25) is 19.8 Å². The molecule has 226 valence electrons. The van der Waals surface area contributed by atoms with E-state index in [9.17, 15) is 14.4 Å². The number of halogens is 1. The first-order chi connectivity index (χ1) is 19.6. The lowest BCUT2D eigenvalue weighted by Gasteiger charge is -2.34. The molecule has 1 aliphatic heterocycles. The van der Waals surface area contributed by atoms with E-state index in [2.05, 4.69) is 15.6 Å². The van der Waals surface area contributed by atoms with E-state index in [1.807, 2.05) is 43.0 Å². The molecule has 2 amide bonds. The van der Waals surface area contributed by atoms with Crippen molar-refractivity contribution >= 4 is 52.7 Å². The van der Waals surface area contributed by atoms with Crippen LogP contribution in [-0.2, 0) is 31.1 Å². The second-order valence-corrected chi connectivity index (χ2v) is 10.6. The number of rotatable bonds is 12. The Hall–Kier alpha value is -4.12. The third-order valence-electron chi connectivity index (χ3n) is 7.57. The van der Waals surface area contributed by atoms with Gasteiger partial charge in [-0.2, -0.15) is 0 Å². The van der Waals surface area contributed by atoms with Crippen LogP contribution >= 0.6 is 12.4 Å². The number of amides is 2. The summed E-state index contributed by atoms with van der Waals surface area (Å²) in [5.41, 5.74) is 9.34. The van der Waals surface area contributed by atoms with Gasteiger partial charge in [0.15, 0.2) is 0 Å². The van der Waals surface area contributed by atoms with Gasteiger partial charge in [-0.05, 0) is 75.1 Å². The minimum atomic E-state index is -1.02. The second-order valence-electron chi connectivity index (χ2n) is 10.6. The van der Waals surface area contributed by atoms with Crippen LogP contribution in [0.15, 0.2) is 36.4 Å². The Morgan fingerprint density at radius 3 is 2.45 bits per heavy atom. The minimum absolute atomic E-state index is 0. The average molecular weight is 598 g/mol. The minimum Gasteiger partial charge on any atom is -0.466 e. The Morgan fingerprint density at radius 2 is 1.81 bits per heavy atom. The molecular formula is C30H40ClN7O4. The number of nitrogens with zero attached hydrogens (tertiary/aromatic N) is 2. The van der Waals surface area contributed by atoms with Crippen molar-refractivity contribution in [2.75, 3.05) is 31.6 Å². The first-order valence-electron chi connectivity index (χ1n) is 14.0. The molecule has 2 heterocycles. The van der Waals surface area contributed by atoms with Crippen molar-refractivity contribution in [1.82, 2.24) is 20.2 Å². The van der Waals surface area contributed by atoms with Gasteiger partial charge in [-0.1, -0.05) is 6.07 Å². The molecule has 1 saturated heterocycles. The van der Waals surface area contributed by atoms with Gasteiger partial charge >= 0.3 is 5.97 Å². The van der Waals surface area contributed by atoms with Crippen LogP contribution in [-0.4, -0.2) is 64.7 Å². The summed E-state index contributed by atoms with van der Waals surface area (Å²) in [6, 6.07) is 11.2. The van der Waals surface area contributed by atoms with Crippen LogP contribution in [0.25, 0.3) is 11.0 Å². The highest BCUT2D eigenvalue weighted by molar-refractivity contribution is 5.95. The zero-order valence-electron chi connectivity index (χ0n) is 24.3. The van der Waals surface area contributed by atoms with E-state index < -0.39 is 11.4 Å². The summed E-state index contributed by atoms with van der Waals surface area (Å²) >= 11 is 0. The zero-order chi connectivity index (χ0) is 29.6. The van der Waals surface area contributed by atoms with Crippen LogP contribution in [0.3, 0.4) is 0 Å². The highest BCUT2D eigenvalue weighted by Crippen LogP contribution is 2.33. The van der Waals surface area contributed by atoms with Gasteiger partial charge in [0.25, 0.3) is 0 Å². The Balaban J connectivity index is 0.00000484. The van der Waals surface area contributed by atoms with E-state index in [0.29, 0.717) is 25.2 Å². The number of amidine groups is 1. The fraction of sp³-hybridized carbons (Fsp3) is 0.433. The van der Waals surface area contributed by atoms with Crippen molar-refractivity contribution < 1.29 is 19.1 Å². The predicted molar refractivity (Wildman–Crippen MR) is 165 cm³/mol. The van der Waals surface area contributed by atoms with Crippen LogP contribution in [0.4, 0.5) is 5.69 Å². The van der Waals surface area contributed by atoms with Crippen LogP contribution in [0, 0.1) is 12.3 Å². The Labute approximate surface area is 251 Å². The number of aromatic amines is 1. The molecule has 0 bridgehead atoms. The summed E-state index contributed by atoms with van der Waals surface area (Å²) in [5, 5.41) is 13.8. The lowest BCUT2D eigenvalue weighted by molar-refractivity contribution is -0.144. The van der Waals surface area contributed by atoms with E-state index >= 15 is 0 Å². The molecule has 12 heteroatoms. The topological polar surface area (TPSA) is 166 Å². The fourth-order valence-electron chi connectivity index (χ4n) is 5.27. The van der Waals surface area contributed by atoms with E-state index in [4.69, 9.17) is 20.9 Å². The smallest absolute Gasteiger partial charge is 0.306 e. The van der Waals surface area contributed by atoms with Crippen molar-refractivity contribution in [3.63, 3.8) is 0 Å². The normalized spacial score (nSPS) is 14.1. The van der Waals surface area contributed by atoms with Crippen LogP contribution < -0.4 is 16.4 Å².